The predicted octanol–water partition coefficient (Wildman–Crippen LogP) is 3.94. The monoisotopic (exact) mass is 378 g/mol. The highest BCUT2D eigenvalue weighted by molar-refractivity contribution is 7.18. The quantitative estimate of drug-likeness (QED) is 0.403. The Labute approximate surface area is 156 Å². The lowest BCUT2D eigenvalue weighted by molar-refractivity contribution is -0.380. The summed E-state index contributed by atoms with van der Waals surface area (Å²) < 4.78 is 5.71. The van der Waals surface area contributed by atoms with Crippen LogP contribution in [0.2, 0.25) is 0 Å². The van der Waals surface area contributed by atoms with Gasteiger partial charge in [0.25, 0.3) is 5.91 Å². The molecule has 0 radical (unpaired) electrons. The molecule has 0 unspecified atom stereocenters. The fourth-order valence-electron chi connectivity index (χ4n) is 2.31. The second-order valence-corrected chi connectivity index (χ2v) is 6.49. The van der Waals surface area contributed by atoms with Crippen LogP contribution in [-0.4, -0.2) is 36.0 Å². The summed E-state index contributed by atoms with van der Waals surface area (Å²) in [6.07, 6.45) is 3.21. The first-order valence-electron chi connectivity index (χ1n) is 8.37. The molecule has 1 aromatic heterocycles. The second-order valence-electron chi connectivity index (χ2n) is 5.50. The van der Waals surface area contributed by atoms with E-state index in [1.807, 2.05) is 13.0 Å². The zero-order valence-corrected chi connectivity index (χ0v) is 15.8. The summed E-state index contributed by atoms with van der Waals surface area (Å²) >= 11 is 0.851. The molecule has 1 aromatic carbocycles. The summed E-state index contributed by atoms with van der Waals surface area (Å²) in [7, 11) is 1.54. The first-order chi connectivity index (χ1) is 12.5. The molecule has 1 amide bonds. The summed E-state index contributed by atoms with van der Waals surface area (Å²) in [5, 5.41) is 14.3. The molecule has 2 aromatic rings. The van der Waals surface area contributed by atoms with Gasteiger partial charge in [0.15, 0.2) is 10.9 Å². The molecule has 9 heteroatoms. The maximum Gasteiger partial charge on any atom is 0.345 e. The molecule has 140 valence electrons. The summed E-state index contributed by atoms with van der Waals surface area (Å²) in [6, 6.07) is 5.32. The smallest absolute Gasteiger partial charge is 0.345 e. The number of thiazole rings is 1. The molecule has 0 saturated carbocycles. The number of carbonyl (C=O) groups excluding carboxylic acids is 1. The SMILES string of the molecule is CCCCNc1cccc(C(=O)N(C)c2ncc([N+](=O)[O-])s2)c1OCC. The number of hydrogen-bond acceptors (Lipinski definition) is 7. The van der Waals surface area contributed by atoms with Gasteiger partial charge in [-0.1, -0.05) is 19.4 Å². The molecule has 0 aliphatic carbocycles. The molecule has 0 saturated heterocycles. The number of hydrogen-bond donors (Lipinski definition) is 1. The molecule has 1 N–H and O–H groups in total. The van der Waals surface area contributed by atoms with E-state index in [9.17, 15) is 14.9 Å². The third kappa shape index (κ3) is 4.48. The molecule has 0 aliphatic heterocycles. The second kappa shape index (κ2) is 9.14. The number of ether oxygens (including phenoxy) is 1. The van der Waals surface area contributed by atoms with Crippen LogP contribution in [0.15, 0.2) is 24.4 Å². The number of amides is 1. The van der Waals surface area contributed by atoms with E-state index in [0.29, 0.717) is 17.9 Å². The summed E-state index contributed by atoms with van der Waals surface area (Å²) in [5.74, 6) is 0.144. The van der Waals surface area contributed by atoms with Gasteiger partial charge in [0.1, 0.15) is 6.20 Å². The van der Waals surface area contributed by atoms with E-state index < -0.39 is 4.92 Å². The molecule has 1 heterocycles. The van der Waals surface area contributed by atoms with Gasteiger partial charge in [-0.3, -0.25) is 19.8 Å². The Bertz CT molecular complexity index is 778. The first-order valence-corrected chi connectivity index (χ1v) is 9.19. The highest BCUT2D eigenvalue weighted by atomic mass is 32.1. The van der Waals surface area contributed by atoms with Crippen molar-refractivity contribution in [1.29, 1.82) is 0 Å². The van der Waals surface area contributed by atoms with E-state index in [2.05, 4.69) is 17.2 Å². The van der Waals surface area contributed by atoms with Gasteiger partial charge in [0.05, 0.1) is 22.8 Å². The Morgan fingerprint density at radius 3 is 2.81 bits per heavy atom. The van der Waals surface area contributed by atoms with Crippen LogP contribution in [0.25, 0.3) is 0 Å². The van der Waals surface area contributed by atoms with Gasteiger partial charge in [-0.15, -0.1) is 0 Å². The highest BCUT2D eigenvalue weighted by Gasteiger charge is 2.24. The molecule has 0 atom stereocenters. The minimum atomic E-state index is -0.524. The van der Waals surface area contributed by atoms with E-state index in [1.54, 1.807) is 12.1 Å². The number of carbonyl (C=O) groups is 1. The molecule has 0 spiro atoms. The number of rotatable bonds is 9. The van der Waals surface area contributed by atoms with Gasteiger partial charge >= 0.3 is 5.00 Å². The van der Waals surface area contributed by atoms with Crippen LogP contribution in [-0.2, 0) is 0 Å². The van der Waals surface area contributed by atoms with Crippen molar-refractivity contribution < 1.29 is 14.5 Å². The van der Waals surface area contributed by atoms with Crippen LogP contribution in [0, 0.1) is 10.1 Å². The summed E-state index contributed by atoms with van der Waals surface area (Å²) in [5.41, 5.74) is 1.14. The number of para-hydroxylation sites is 1. The average Bonchev–Trinajstić information content (AvgIpc) is 3.12. The lowest BCUT2D eigenvalue weighted by Gasteiger charge is -2.19. The van der Waals surface area contributed by atoms with Gasteiger partial charge < -0.3 is 10.1 Å². The van der Waals surface area contributed by atoms with Crippen molar-refractivity contribution in [2.75, 3.05) is 30.4 Å². The largest absolute Gasteiger partial charge is 0.491 e. The van der Waals surface area contributed by atoms with Gasteiger partial charge in [-0.25, -0.2) is 4.98 Å². The zero-order chi connectivity index (χ0) is 19.1. The van der Waals surface area contributed by atoms with E-state index in [4.69, 9.17) is 4.74 Å². The van der Waals surface area contributed by atoms with Crippen molar-refractivity contribution >= 4 is 33.1 Å². The molecular formula is C17H22N4O4S. The van der Waals surface area contributed by atoms with Crippen LogP contribution in [0.3, 0.4) is 0 Å². The van der Waals surface area contributed by atoms with Crippen molar-refractivity contribution in [3.05, 3.63) is 40.1 Å². The van der Waals surface area contributed by atoms with Crippen molar-refractivity contribution in [3.63, 3.8) is 0 Å². The maximum absolute atomic E-state index is 12.9. The van der Waals surface area contributed by atoms with Gasteiger partial charge in [0.2, 0.25) is 0 Å². The fraction of sp³-hybridized carbons (Fsp3) is 0.412. The summed E-state index contributed by atoms with van der Waals surface area (Å²) in [4.78, 5) is 28.5. The standard InChI is InChI=1S/C17H22N4O4S/c1-4-6-10-18-13-9-7-8-12(15(13)25-5-2)16(22)20(3)17-19-11-14(26-17)21(23)24/h7-9,11,18H,4-6,10H2,1-3H3. The number of benzene rings is 1. The summed E-state index contributed by atoms with van der Waals surface area (Å²) in [6.45, 7) is 5.15. The van der Waals surface area contributed by atoms with Crippen LogP contribution in [0.1, 0.15) is 37.0 Å². The van der Waals surface area contributed by atoms with Crippen LogP contribution in [0.5, 0.6) is 5.75 Å². The van der Waals surface area contributed by atoms with E-state index in [0.717, 1.165) is 42.6 Å². The molecule has 8 nitrogen and oxygen atoms in total. The Balaban J connectivity index is 2.30. The van der Waals surface area contributed by atoms with Gasteiger partial charge in [-0.05, 0) is 36.8 Å². The minimum Gasteiger partial charge on any atom is -0.491 e. The number of anilines is 2. The first kappa shape index (κ1) is 19.6. The van der Waals surface area contributed by atoms with Crippen molar-refractivity contribution in [2.24, 2.45) is 0 Å². The van der Waals surface area contributed by atoms with E-state index >= 15 is 0 Å². The van der Waals surface area contributed by atoms with Crippen LogP contribution >= 0.6 is 11.3 Å². The molecular weight excluding hydrogens is 356 g/mol. The molecule has 0 bridgehead atoms. The number of nitro groups is 1. The number of nitrogens with zero attached hydrogens (tertiary/aromatic N) is 3. The molecule has 26 heavy (non-hydrogen) atoms. The average molecular weight is 378 g/mol. The molecule has 0 aliphatic rings. The Morgan fingerprint density at radius 2 is 2.19 bits per heavy atom. The maximum atomic E-state index is 12.9. The highest BCUT2D eigenvalue weighted by Crippen LogP contribution is 2.33. The fourth-order valence-corrected chi connectivity index (χ4v) is 3.00. The normalized spacial score (nSPS) is 10.4. The Morgan fingerprint density at radius 1 is 1.42 bits per heavy atom. The van der Waals surface area contributed by atoms with Gasteiger partial charge in [0, 0.05) is 13.6 Å². The van der Waals surface area contributed by atoms with Crippen LogP contribution < -0.4 is 15.0 Å². The number of unbranched alkanes of at least 4 members (excludes halogenated alkanes) is 1. The van der Waals surface area contributed by atoms with Gasteiger partial charge in [-0.2, -0.15) is 0 Å². The minimum absolute atomic E-state index is 0.111. The zero-order valence-electron chi connectivity index (χ0n) is 15.0. The lowest BCUT2D eigenvalue weighted by Crippen LogP contribution is -2.27. The van der Waals surface area contributed by atoms with E-state index in [-0.39, 0.29) is 16.0 Å². The van der Waals surface area contributed by atoms with E-state index in [1.165, 1.54) is 11.9 Å². The third-order valence-electron chi connectivity index (χ3n) is 3.63. The Kier molecular flexibility index (Phi) is 6.90. The third-order valence-corrected chi connectivity index (χ3v) is 4.66. The number of nitrogens with one attached hydrogen (secondary N) is 1. The predicted molar refractivity (Wildman–Crippen MR) is 103 cm³/mol. The lowest BCUT2D eigenvalue weighted by atomic mass is 10.1. The number of aromatic nitrogens is 1. The van der Waals surface area contributed by atoms with Crippen molar-refractivity contribution in [3.8, 4) is 5.75 Å². The topological polar surface area (TPSA) is 97.6 Å². The van der Waals surface area contributed by atoms with Crippen molar-refractivity contribution in [1.82, 2.24) is 4.98 Å². The van der Waals surface area contributed by atoms with Crippen molar-refractivity contribution in [2.45, 2.75) is 26.7 Å². The Hall–Kier alpha value is -2.68. The molecule has 2 rings (SSSR count). The molecule has 0 fully saturated rings. The van der Waals surface area contributed by atoms with Crippen LogP contribution in [0.4, 0.5) is 15.8 Å².